The lowest BCUT2D eigenvalue weighted by Crippen LogP contribution is -2.20. The number of halogens is 1. The van der Waals surface area contributed by atoms with E-state index in [-0.39, 0.29) is 30.4 Å². The number of aryl methyl sites for hydroxylation is 1. The van der Waals surface area contributed by atoms with Gasteiger partial charge in [0.1, 0.15) is 0 Å². The number of hydrogen-bond donors (Lipinski definition) is 3. The fraction of sp³-hybridized carbons (Fsp3) is 0.250. The minimum Gasteiger partial charge on any atom is -0.503 e. The van der Waals surface area contributed by atoms with Crippen molar-refractivity contribution in [3.05, 3.63) is 52.0 Å². The van der Waals surface area contributed by atoms with Crippen molar-refractivity contribution in [2.24, 2.45) is 5.10 Å². The fourth-order valence-electron chi connectivity index (χ4n) is 2.26. The van der Waals surface area contributed by atoms with E-state index in [9.17, 15) is 14.7 Å². The second-order valence-corrected chi connectivity index (χ2v) is 6.84. The third kappa shape index (κ3) is 6.70. The van der Waals surface area contributed by atoms with E-state index < -0.39 is 0 Å². The monoisotopic (exact) mass is 447 g/mol. The first-order chi connectivity index (χ1) is 13.4. The van der Waals surface area contributed by atoms with Crippen LogP contribution in [0.15, 0.2) is 46.0 Å². The second kappa shape index (κ2) is 10.5. The molecule has 3 N–H and O–H groups in total. The first-order valence-corrected chi connectivity index (χ1v) is 9.52. The van der Waals surface area contributed by atoms with Gasteiger partial charge in [0.2, 0.25) is 11.8 Å². The second-order valence-electron chi connectivity index (χ2n) is 5.99. The maximum atomic E-state index is 11.9. The summed E-state index contributed by atoms with van der Waals surface area (Å²) in [6, 6.07) is 10.7. The zero-order chi connectivity index (χ0) is 20.5. The van der Waals surface area contributed by atoms with E-state index >= 15 is 0 Å². The Labute approximate surface area is 171 Å². The summed E-state index contributed by atoms with van der Waals surface area (Å²) in [4.78, 5) is 23.7. The molecule has 0 bridgehead atoms. The SMILES string of the molecule is CCOc1cc(/C=N/NC(=O)CCC(=O)Nc2ccc(C)cc2)cc(Br)c1O. The summed E-state index contributed by atoms with van der Waals surface area (Å²) >= 11 is 3.24. The predicted octanol–water partition coefficient (Wildman–Crippen LogP) is 3.73. The Hall–Kier alpha value is -2.87. The normalized spacial score (nSPS) is 10.7. The number of carbonyl (C=O) groups is 2. The Balaban J connectivity index is 1.81. The molecule has 8 heteroatoms. The van der Waals surface area contributed by atoms with Crippen molar-refractivity contribution in [2.75, 3.05) is 11.9 Å². The average Bonchev–Trinajstić information content (AvgIpc) is 2.66. The molecule has 148 valence electrons. The van der Waals surface area contributed by atoms with Crippen LogP contribution in [0.2, 0.25) is 0 Å². The highest BCUT2D eigenvalue weighted by atomic mass is 79.9. The molecule has 0 unspecified atom stereocenters. The van der Waals surface area contributed by atoms with Gasteiger partial charge in [0.05, 0.1) is 17.3 Å². The number of benzene rings is 2. The maximum Gasteiger partial charge on any atom is 0.240 e. The lowest BCUT2D eigenvalue weighted by Gasteiger charge is -2.08. The zero-order valence-electron chi connectivity index (χ0n) is 15.7. The zero-order valence-corrected chi connectivity index (χ0v) is 17.2. The molecule has 0 heterocycles. The number of phenols is 1. The summed E-state index contributed by atoms with van der Waals surface area (Å²) in [5.41, 5.74) is 4.80. The van der Waals surface area contributed by atoms with E-state index in [1.807, 2.05) is 38.1 Å². The van der Waals surface area contributed by atoms with Gasteiger partial charge < -0.3 is 15.2 Å². The smallest absolute Gasteiger partial charge is 0.240 e. The highest BCUT2D eigenvalue weighted by Gasteiger charge is 2.09. The highest BCUT2D eigenvalue weighted by molar-refractivity contribution is 9.10. The van der Waals surface area contributed by atoms with Gasteiger partial charge in [0, 0.05) is 18.5 Å². The summed E-state index contributed by atoms with van der Waals surface area (Å²) in [7, 11) is 0. The van der Waals surface area contributed by atoms with Gasteiger partial charge >= 0.3 is 0 Å². The summed E-state index contributed by atoms with van der Waals surface area (Å²) < 4.78 is 5.79. The number of carbonyl (C=O) groups excluding carboxylic acids is 2. The topological polar surface area (TPSA) is 100 Å². The third-order valence-corrected chi connectivity index (χ3v) is 4.27. The molecule has 2 amide bonds. The quantitative estimate of drug-likeness (QED) is 0.423. The van der Waals surface area contributed by atoms with Crippen molar-refractivity contribution >= 4 is 39.6 Å². The molecule has 0 aliphatic heterocycles. The maximum absolute atomic E-state index is 11.9. The molecule has 2 aromatic rings. The van der Waals surface area contributed by atoms with Gasteiger partial charge in [-0.3, -0.25) is 9.59 Å². The van der Waals surface area contributed by atoms with E-state index in [1.54, 1.807) is 12.1 Å². The molecule has 28 heavy (non-hydrogen) atoms. The molecule has 0 aliphatic carbocycles. The van der Waals surface area contributed by atoms with Crippen LogP contribution in [0.25, 0.3) is 0 Å². The van der Waals surface area contributed by atoms with Crippen LogP contribution in [-0.2, 0) is 9.59 Å². The fourth-order valence-corrected chi connectivity index (χ4v) is 2.72. The molecule has 0 aromatic heterocycles. The van der Waals surface area contributed by atoms with Crippen LogP contribution in [0.3, 0.4) is 0 Å². The van der Waals surface area contributed by atoms with Crippen molar-refractivity contribution < 1.29 is 19.4 Å². The van der Waals surface area contributed by atoms with Crippen LogP contribution in [0.1, 0.15) is 30.9 Å². The summed E-state index contributed by atoms with van der Waals surface area (Å²) in [6.45, 7) is 4.18. The molecule has 0 radical (unpaired) electrons. The largest absolute Gasteiger partial charge is 0.503 e. The molecule has 0 saturated carbocycles. The van der Waals surface area contributed by atoms with E-state index in [1.165, 1.54) is 6.21 Å². The van der Waals surface area contributed by atoms with E-state index in [0.717, 1.165) is 5.56 Å². The van der Waals surface area contributed by atoms with Gasteiger partial charge in [-0.2, -0.15) is 5.10 Å². The molecular weight excluding hydrogens is 426 g/mol. The van der Waals surface area contributed by atoms with Crippen molar-refractivity contribution in [1.82, 2.24) is 5.43 Å². The number of amides is 2. The number of aromatic hydroxyl groups is 1. The van der Waals surface area contributed by atoms with Gasteiger partial charge in [-0.15, -0.1) is 0 Å². The molecule has 7 nitrogen and oxygen atoms in total. The molecule has 0 atom stereocenters. The van der Waals surface area contributed by atoms with Crippen LogP contribution in [0.5, 0.6) is 11.5 Å². The third-order valence-electron chi connectivity index (χ3n) is 3.67. The lowest BCUT2D eigenvalue weighted by atomic mass is 10.2. The van der Waals surface area contributed by atoms with Crippen LogP contribution in [0, 0.1) is 6.92 Å². The number of phenolic OH excluding ortho intramolecular Hbond substituents is 1. The van der Waals surface area contributed by atoms with Crippen molar-refractivity contribution in [3.8, 4) is 11.5 Å². The van der Waals surface area contributed by atoms with Crippen LogP contribution in [-0.4, -0.2) is 29.7 Å². The minimum absolute atomic E-state index is 0.00243. The number of nitrogens with zero attached hydrogens (tertiary/aromatic N) is 1. The molecule has 0 fully saturated rings. The van der Waals surface area contributed by atoms with Crippen molar-refractivity contribution in [3.63, 3.8) is 0 Å². The summed E-state index contributed by atoms with van der Waals surface area (Å²) in [5, 5.41) is 16.5. The Kier molecular flexibility index (Phi) is 8.01. The summed E-state index contributed by atoms with van der Waals surface area (Å²) in [5.74, 6) is -0.301. The van der Waals surface area contributed by atoms with Crippen molar-refractivity contribution in [2.45, 2.75) is 26.7 Å². The number of nitrogens with one attached hydrogen (secondary N) is 2. The van der Waals surface area contributed by atoms with E-state index in [2.05, 4.69) is 31.8 Å². The summed E-state index contributed by atoms with van der Waals surface area (Å²) in [6.07, 6.45) is 1.49. The van der Waals surface area contributed by atoms with Gasteiger partial charge in [0.25, 0.3) is 0 Å². The van der Waals surface area contributed by atoms with E-state index in [4.69, 9.17) is 4.74 Å². The van der Waals surface area contributed by atoms with Gasteiger partial charge in [-0.1, -0.05) is 17.7 Å². The number of ether oxygens (including phenoxy) is 1. The van der Waals surface area contributed by atoms with Crippen molar-refractivity contribution in [1.29, 1.82) is 0 Å². The van der Waals surface area contributed by atoms with E-state index in [0.29, 0.717) is 28.1 Å². The average molecular weight is 448 g/mol. The first-order valence-electron chi connectivity index (χ1n) is 8.72. The highest BCUT2D eigenvalue weighted by Crippen LogP contribution is 2.35. The molecule has 0 aliphatic rings. The van der Waals surface area contributed by atoms with Gasteiger partial charge in [0.15, 0.2) is 11.5 Å². The Morgan fingerprint density at radius 2 is 1.86 bits per heavy atom. The standard InChI is InChI=1S/C20H22BrN3O4/c1-3-28-17-11-14(10-16(21)20(17)27)12-22-24-19(26)9-8-18(25)23-15-6-4-13(2)5-7-15/h4-7,10-12,27H,3,8-9H2,1-2H3,(H,23,25)(H,24,26)/b22-12+. The molecule has 0 saturated heterocycles. The van der Waals surface area contributed by atoms with Gasteiger partial charge in [-0.25, -0.2) is 5.43 Å². The first kappa shape index (κ1) is 21.4. The number of rotatable bonds is 8. The molecular formula is C20H22BrN3O4. The Bertz CT molecular complexity index is 866. The van der Waals surface area contributed by atoms with Gasteiger partial charge in [-0.05, 0) is 59.6 Å². The molecule has 0 spiro atoms. The van der Waals surface area contributed by atoms with Crippen LogP contribution >= 0.6 is 15.9 Å². The Morgan fingerprint density at radius 1 is 1.18 bits per heavy atom. The molecule has 2 aromatic carbocycles. The number of hydrogen-bond acceptors (Lipinski definition) is 5. The molecule has 2 rings (SSSR count). The Morgan fingerprint density at radius 3 is 2.54 bits per heavy atom. The minimum atomic E-state index is -0.377. The number of hydrazone groups is 1. The van der Waals surface area contributed by atoms with Crippen LogP contribution in [0.4, 0.5) is 5.69 Å². The lowest BCUT2D eigenvalue weighted by molar-refractivity contribution is -0.124. The number of anilines is 1. The van der Waals surface area contributed by atoms with Crippen LogP contribution < -0.4 is 15.5 Å². The predicted molar refractivity (Wildman–Crippen MR) is 112 cm³/mol.